The van der Waals surface area contributed by atoms with Crippen LogP contribution < -0.4 is 11.4 Å². The molecule has 1 fully saturated rings. The van der Waals surface area contributed by atoms with Gasteiger partial charge in [0.2, 0.25) is 6.23 Å². The molecule has 2 rings (SSSR count). The Morgan fingerprint density at radius 3 is 2.30 bits per heavy atom. The minimum absolute atomic E-state index is 0.0602. The van der Waals surface area contributed by atoms with Gasteiger partial charge >= 0.3 is 20.2 Å². The molecule has 1 saturated heterocycles. The average molecular weight is 510 g/mol. The van der Waals surface area contributed by atoms with E-state index in [4.69, 9.17) is 23.5 Å². The Kier molecular flexibility index (Phi) is 9.50. The summed E-state index contributed by atoms with van der Waals surface area (Å²) in [6, 6.07) is 1.28. The van der Waals surface area contributed by atoms with Crippen molar-refractivity contribution in [3.63, 3.8) is 0 Å². The fourth-order valence-electron chi connectivity index (χ4n) is 3.90. The van der Waals surface area contributed by atoms with Crippen molar-refractivity contribution in [2.24, 2.45) is 0 Å². The standard InChI is InChI=1S/C21H37F2N3O5SSi/c1-12(2)30-33(14(5)6,15(7)8)31-18-16(11-28-32-13(3)4)29-19(21(18,22)23)26-10-9-17(24)25-20(26)27/h9-10,12-16,18-19H,11H2,1-8H3,(H2,24,25,27)/t16-,18?,19-/m1/s1. The molecule has 33 heavy (non-hydrogen) atoms. The lowest BCUT2D eigenvalue weighted by atomic mass is 10.1. The third-order valence-electron chi connectivity index (χ3n) is 5.29. The number of ether oxygens (including phenoxy) is 1. The first kappa shape index (κ1) is 28.2. The topological polar surface area (TPSA) is 97.8 Å². The Hall–Kier alpha value is -1.05. The van der Waals surface area contributed by atoms with Crippen molar-refractivity contribution in [1.82, 2.24) is 9.55 Å². The predicted octanol–water partition coefficient (Wildman–Crippen LogP) is 4.50. The number of rotatable bonds is 11. The highest BCUT2D eigenvalue weighted by atomic mass is 32.2. The van der Waals surface area contributed by atoms with Gasteiger partial charge in [-0.05, 0) is 43.0 Å². The molecule has 0 spiro atoms. The number of aromatic nitrogens is 2. The summed E-state index contributed by atoms with van der Waals surface area (Å²) in [5, 5.41) is 0.134. The van der Waals surface area contributed by atoms with Gasteiger partial charge < -0.3 is 23.5 Å². The van der Waals surface area contributed by atoms with Crippen molar-refractivity contribution in [3.8, 4) is 0 Å². The van der Waals surface area contributed by atoms with Crippen molar-refractivity contribution < 1.29 is 26.6 Å². The quantitative estimate of drug-likeness (QED) is 0.344. The predicted molar refractivity (Wildman–Crippen MR) is 127 cm³/mol. The van der Waals surface area contributed by atoms with E-state index >= 15 is 8.78 Å². The van der Waals surface area contributed by atoms with Gasteiger partial charge in [0.15, 0.2) is 0 Å². The molecule has 3 atom stereocenters. The first-order valence-electron chi connectivity index (χ1n) is 11.2. The molecular weight excluding hydrogens is 472 g/mol. The van der Waals surface area contributed by atoms with Gasteiger partial charge in [-0.25, -0.2) is 4.79 Å². The van der Waals surface area contributed by atoms with Gasteiger partial charge in [-0.3, -0.25) is 4.57 Å². The second kappa shape index (κ2) is 11.1. The van der Waals surface area contributed by atoms with Crippen LogP contribution in [0.5, 0.6) is 0 Å². The van der Waals surface area contributed by atoms with E-state index in [9.17, 15) is 4.79 Å². The van der Waals surface area contributed by atoms with Crippen LogP contribution >= 0.6 is 12.0 Å². The van der Waals surface area contributed by atoms with Gasteiger partial charge in [0.25, 0.3) is 0 Å². The van der Waals surface area contributed by atoms with E-state index in [-0.39, 0.29) is 34.9 Å². The molecule has 0 amide bonds. The minimum atomic E-state index is -3.56. The zero-order valence-electron chi connectivity index (χ0n) is 20.6. The highest BCUT2D eigenvalue weighted by Crippen LogP contribution is 2.48. The number of anilines is 1. The van der Waals surface area contributed by atoms with E-state index in [0.717, 1.165) is 10.8 Å². The fourth-order valence-corrected chi connectivity index (χ4v) is 8.31. The van der Waals surface area contributed by atoms with E-state index in [1.165, 1.54) is 18.1 Å². The summed E-state index contributed by atoms with van der Waals surface area (Å²) in [7, 11) is -3.17. The lowest BCUT2D eigenvalue weighted by molar-refractivity contribution is -0.141. The Balaban J connectivity index is 2.49. The summed E-state index contributed by atoms with van der Waals surface area (Å²) in [5.74, 6) is -3.62. The van der Waals surface area contributed by atoms with Gasteiger partial charge in [-0.2, -0.15) is 13.8 Å². The third kappa shape index (κ3) is 6.34. The van der Waals surface area contributed by atoms with E-state index in [0.29, 0.717) is 0 Å². The summed E-state index contributed by atoms with van der Waals surface area (Å²) in [6.45, 7) is 15.1. The first-order chi connectivity index (χ1) is 15.2. The SMILES string of the molecule is CC(C)O[Si](OC1[C@@H](COSC(C)C)O[C@@H](n2ccc(N)nc2=O)C1(F)F)(C(C)C)C(C)C. The van der Waals surface area contributed by atoms with Crippen LogP contribution in [-0.2, 0) is 17.8 Å². The molecule has 2 heterocycles. The molecule has 2 N–H and O–H groups in total. The number of nitrogens with zero attached hydrogens (tertiary/aromatic N) is 2. The van der Waals surface area contributed by atoms with Crippen molar-refractivity contribution in [2.45, 2.75) is 102 Å². The summed E-state index contributed by atoms with van der Waals surface area (Å²) < 4.78 is 56.5. The lowest BCUT2D eigenvalue weighted by Crippen LogP contribution is -2.57. The van der Waals surface area contributed by atoms with E-state index in [1.807, 2.05) is 55.4 Å². The van der Waals surface area contributed by atoms with E-state index in [2.05, 4.69) is 4.98 Å². The maximum atomic E-state index is 15.9. The Bertz CT molecular complexity index is 832. The largest absolute Gasteiger partial charge is 0.391 e. The van der Waals surface area contributed by atoms with Crippen LogP contribution in [0, 0.1) is 0 Å². The molecule has 8 nitrogen and oxygen atoms in total. The second-order valence-electron chi connectivity index (χ2n) is 9.41. The third-order valence-corrected chi connectivity index (χ3v) is 10.6. The van der Waals surface area contributed by atoms with Crippen molar-refractivity contribution in [1.29, 1.82) is 0 Å². The van der Waals surface area contributed by atoms with Crippen LogP contribution in [0.2, 0.25) is 11.1 Å². The molecule has 0 aromatic carbocycles. The zero-order chi connectivity index (χ0) is 25.1. The lowest BCUT2D eigenvalue weighted by Gasteiger charge is -2.42. The van der Waals surface area contributed by atoms with Gasteiger partial charge in [-0.1, -0.05) is 41.5 Å². The molecule has 1 unspecified atom stereocenters. The number of hydrogen-bond donors (Lipinski definition) is 1. The van der Waals surface area contributed by atoms with Crippen LogP contribution in [-0.4, -0.2) is 54.2 Å². The van der Waals surface area contributed by atoms with E-state index < -0.39 is 38.6 Å². The zero-order valence-corrected chi connectivity index (χ0v) is 22.4. The van der Waals surface area contributed by atoms with Crippen LogP contribution in [0.15, 0.2) is 17.1 Å². The van der Waals surface area contributed by atoms with Gasteiger partial charge in [-0.15, -0.1) is 0 Å². The van der Waals surface area contributed by atoms with Gasteiger partial charge in [0.1, 0.15) is 18.0 Å². The Morgan fingerprint density at radius 1 is 1.21 bits per heavy atom. The maximum Gasteiger partial charge on any atom is 0.351 e. The average Bonchev–Trinajstić information content (AvgIpc) is 2.90. The molecule has 190 valence electrons. The molecule has 1 aliphatic heterocycles. The number of nitrogens with two attached hydrogens (primary N) is 1. The molecule has 12 heteroatoms. The highest BCUT2D eigenvalue weighted by Gasteiger charge is 2.64. The Labute approximate surface area is 200 Å². The van der Waals surface area contributed by atoms with E-state index in [1.54, 1.807) is 0 Å². The molecule has 0 bridgehead atoms. The monoisotopic (exact) mass is 509 g/mol. The molecule has 0 aliphatic carbocycles. The van der Waals surface area contributed by atoms with Crippen molar-refractivity contribution in [2.75, 3.05) is 12.3 Å². The number of halogens is 2. The number of alkyl halides is 2. The first-order valence-corrected chi connectivity index (χ1v) is 14.0. The molecule has 0 radical (unpaired) electrons. The molecule has 1 aromatic rings. The van der Waals surface area contributed by atoms with Crippen LogP contribution in [0.25, 0.3) is 0 Å². The molecule has 1 aliphatic rings. The fraction of sp³-hybridized carbons (Fsp3) is 0.810. The van der Waals surface area contributed by atoms with Crippen molar-refractivity contribution in [3.05, 3.63) is 22.7 Å². The summed E-state index contributed by atoms with van der Waals surface area (Å²) in [4.78, 5) is 15.9. The van der Waals surface area contributed by atoms with Gasteiger partial charge in [0, 0.05) is 17.6 Å². The van der Waals surface area contributed by atoms with Gasteiger partial charge in [0.05, 0.1) is 6.61 Å². The van der Waals surface area contributed by atoms with Crippen molar-refractivity contribution >= 4 is 26.4 Å². The summed E-state index contributed by atoms with van der Waals surface area (Å²) in [6.07, 6.45) is -3.75. The maximum absolute atomic E-state index is 15.9. The number of hydrogen-bond acceptors (Lipinski definition) is 8. The molecule has 0 saturated carbocycles. The molecular formula is C21H37F2N3O5SSi. The number of nitrogen functional groups attached to an aromatic ring is 1. The minimum Gasteiger partial charge on any atom is -0.391 e. The highest BCUT2D eigenvalue weighted by molar-refractivity contribution is 7.95. The Morgan fingerprint density at radius 2 is 1.82 bits per heavy atom. The van der Waals surface area contributed by atoms with Crippen LogP contribution in [0.4, 0.5) is 14.6 Å². The van der Waals surface area contributed by atoms with Crippen LogP contribution in [0.1, 0.15) is 61.6 Å². The smallest absolute Gasteiger partial charge is 0.351 e. The summed E-state index contributed by atoms with van der Waals surface area (Å²) >= 11 is 1.17. The normalized spacial score (nSPS) is 23.4. The summed E-state index contributed by atoms with van der Waals surface area (Å²) in [5.41, 5.74) is 4.38. The molecule has 1 aromatic heterocycles. The van der Waals surface area contributed by atoms with Crippen LogP contribution in [0.3, 0.4) is 0 Å². The second-order valence-corrected chi connectivity index (χ2v) is 15.0.